The lowest BCUT2D eigenvalue weighted by Gasteiger charge is -2.18. The number of carbonyl (C=O) groups is 3. The van der Waals surface area contributed by atoms with Gasteiger partial charge in [0.25, 0.3) is 0 Å². The minimum absolute atomic E-state index is 0.110. The van der Waals surface area contributed by atoms with E-state index in [1.54, 1.807) is 0 Å². The van der Waals surface area contributed by atoms with Crippen molar-refractivity contribution in [2.45, 2.75) is 284 Å². The van der Waals surface area contributed by atoms with Gasteiger partial charge in [-0.3, -0.25) is 14.4 Å². The smallest absolute Gasteiger partial charge is 0.306 e. The van der Waals surface area contributed by atoms with Crippen molar-refractivity contribution in [1.82, 2.24) is 0 Å². The van der Waals surface area contributed by atoms with E-state index in [4.69, 9.17) is 14.2 Å². The van der Waals surface area contributed by atoms with Gasteiger partial charge in [0.1, 0.15) is 13.2 Å². The first-order chi connectivity index (χ1) is 40.0. The van der Waals surface area contributed by atoms with Gasteiger partial charge in [-0.05, 0) is 148 Å². The Morgan fingerprint density at radius 2 is 0.481 bits per heavy atom. The van der Waals surface area contributed by atoms with E-state index in [0.29, 0.717) is 19.3 Å². The van der Waals surface area contributed by atoms with Gasteiger partial charge in [0.05, 0.1) is 0 Å². The number of hydrogen-bond acceptors (Lipinski definition) is 6. The van der Waals surface area contributed by atoms with Gasteiger partial charge in [-0.25, -0.2) is 0 Å². The Labute approximate surface area is 499 Å². The summed E-state index contributed by atoms with van der Waals surface area (Å²) < 4.78 is 16.9. The molecule has 0 saturated heterocycles. The van der Waals surface area contributed by atoms with Crippen molar-refractivity contribution in [3.8, 4) is 0 Å². The number of ether oxygens (including phenoxy) is 3. The molecule has 0 aromatic carbocycles. The van der Waals surface area contributed by atoms with Gasteiger partial charge in [0.2, 0.25) is 0 Å². The van der Waals surface area contributed by atoms with E-state index in [1.807, 2.05) is 0 Å². The van der Waals surface area contributed by atoms with Gasteiger partial charge < -0.3 is 14.2 Å². The van der Waals surface area contributed by atoms with Gasteiger partial charge in [0.15, 0.2) is 6.10 Å². The average molecular weight is 1120 g/mol. The predicted octanol–water partition coefficient (Wildman–Crippen LogP) is 22.9. The zero-order chi connectivity index (χ0) is 58.5. The summed E-state index contributed by atoms with van der Waals surface area (Å²) in [7, 11) is 0. The molecule has 0 rings (SSSR count). The summed E-state index contributed by atoms with van der Waals surface area (Å²) in [6, 6.07) is 0. The van der Waals surface area contributed by atoms with Crippen molar-refractivity contribution in [3.63, 3.8) is 0 Å². The van der Waals surface area contributed by atoms with Crippen LogP contribution in [-0.2, 0) is 28.6 Å². The maximum absolute atomic E-state index is 12.9. The van der Waals surface area contributed by atoms with E-state index in [1.165, 1.54) is 89.9 Å². The molecule has 81 heavy (non-hydrogen) atoms. The van der Waals surface area contributed by atoms with Crippen LogP contribution in [0.1, 0.15) is 278 Å². The van der Waals surface area contributed by atoms with Crippen molar-refractivity contribution < 1.29 is 28.6 Å². The lowest BCUT2D eigenvalue weighted by Crippen LogP contribution is -2.30. The highest BCUT2D eigenvalue weighted by Crippen LogP contribution is 2.15. The van der Waals surface area contributed by atoms with Gasteiger partial charge >= 0.3 is 17.9 Å². The fourth-order valence-electron chi connectivity index (χ4n) is 8.62. The van der Waals surface area contributed by atoms with Crippen molar-refractivity contribution >= 4 is 17.9 Å². The highest BCUT2D eigenvalue weighted by atomic mass is 16.6. The van der Waals surface area contributed by atoms with Crippen LogP contribution in [0.4, 0.5) is 0 Å². The Hall–Kier alpha value is -4.97. The minimum Gasteiger partial charge on any atom is -0.462 e. The molecular formula is C75H120O6. The summed E-state index contributed by atoms with van der Waals surface area (Å²) in [4.78, 5) is 38.3. The SMILES string of the molecule is CC/C=C\C/C=C\C/C=C\C/C=C\C/C=C\C/C=C\C/C=C\C/C=C\C/C=C\CCCCCC(=O)OCC(COC(=O)CCCCC/C=C\C/C=C\C/C=C\CC)OC(=O)CCCCCCCCCCC/C=C\CCCCCCCC. The van der Waals surface area contributed by atoms with Crippen molar-refractivity contribution in [2.24, 2.45) is 0 Å². The molecule has 0 amide bonds. The lowest BCUT2D eigenvalue weighted by atomic mass is 10.1. The molecule has 0 bridgehead atoms. The zero-order valence-electron chi connectivity index (χ0n) is 52.2. The number of carbonyl (C=O) groups excluding carboxylic acids is 3. The number of hydrogen-bond donors (Lipinski definition) is 0. The van der Waals surface area contributed by atoms with E-state index in [-0.39, 0.29) is 31.1 Å². The Bertz CT molecular complexity index is 1810. The summed E-state index contributed by atoms with van der Waals surface area (Å²) in [6.07, 6.45) is 98.3. The monoisotopic (exact) mass is 1120 g/mol. The first-order valence-electron chi connectivity index (χ1n) is 33.0. The van der Waals surface area contributed by atoms with Crippen LogP contribution >= 0.6 is 0 Å². The number of esters is 3. The lowest BCUT2D eigenvalue weighted by molar-refractivity contribution is -0.167. The number of unbranched alkanes of at least 4 members (excludes halogenated alkanes) is 21. The van der Waals surface area contributed by atoms with Crippen LogP contribution in [0.5, 0.6) is 0 Å². The third-order valence-corrected chi connectivity index (χ3v) is 13.5. The summed E-state index contributed by atoms with van der Waals surface area (Å²) >= 11 is 0. The first-order valence-corrected chi connectivity index (χ1v) is 33.0. The molecule has 0 aliphatic heterocycles. The summed E-state index contributed by atoms with van der Waals surface area (Å²) in [5.41, 5.74) is 0. The highest BCUT2D eigenvalue weighted by Gasteiger charge is 2.19. The van der Waals surface area contributed by atoms with Crippen LogP contribution in [0.2, 0.25) is 0 Å². The summed E-state index contributed by atoms with van der Waals surface area (Å²) in [5.74, 6) is -0.973. The molecule has 0 aliphatic rings. The Kier molecular flexibility index (Phi) is 63.4. The molecule has 6 heteroatoms. The van der Waals surface area contributed by atoms with Crippen LogP contribution < -0.4 is 0 Å². The maximum atomic E-state index is 12.9. The Morgan fingerprint density at radius 3 is 0.778 bits per heavy atom. The van der Waals surface area contributed by atoms with Crippen LogP contribution in [0.15, 0.2) is 158 Å². The van der Waals surface area contributed by atoms with Crippen molar-refractivity contribution in [2.75, 3.05) is 13.2 Å². The van der Waals surface area contributed by atoms with E-state index < -0.39 is 6.10 Å². The number of allylic oxidation sites excluding steroid dienone is 26. The molecule has 0 aromatic rings. The van der Waals surface area contributed by atoms with Crippen molar-refractivity contribution in [3.05, 3.63) is 158 Å². The fraction of sp³-hybridized carbons (Fsp3) is 0.613. The third kappa shape index (κ3) is 65.7. The van der Waals surface area contributed by atoms with Crippen LogP contribution in [0.3, 0.4) is 0 Å². The highest BCUT2D eigenvalue weighted by molar-refractivity contribution is 5.71. The molecule has 0 aromatic heterocycles. The molecule has 456 valence electrons. The molecule has 1 unspecified atom stereocenters. The van der Waals surface area contributed by atoms with Crippen LogP contribution in [0.25, 0.3) is 0 Å². The predicted molar refractivity (Wildman–Crippen MR) is 352 cm³/mol. The normalized spacial score (nSPS) is 13.2. The van der Waals surface area contributed by atoms with E-state index >= 15 is 0 Å². The minimum atomic E-state index is -0.813. The van der Waals surface area contributed by atoms with Gasteiger partial charge in [0, 0.05) is 19.3 Å². The Balaban J connectivity index is 4.42. The topological polar surface area (TPSA) is 78.9 Å². The second-order valence-electron chi connectivity index (χ2n) is 21.3. The van der Waals surface area contributed by atoms with E-state index in [0.717, 1.165) is 148 Å². The second-order valence-corrected chi connectivity index (χ2v) is 21.3. The van der Waals surface area contributed by atoms with Gasteiger partial charge in [-0.2, -0.15) is 0 Å². The molecule has 0 N–H and O–H groups in total. The zero-order valence-corrected chi connectivity index (χ0v) is 52.2. The molecule has 1 atom stereocenters. The molecule has 6 nitrogen and oxygen atoms in total. The molecule has 0 heterocycles. The largest absolute Gasteiger partial charge is 0.462 e. The van der Waals surface area contributed by atoms with E-state index in [2.05, 4.69) is 179 Å². The molecule has 0 aliphatic carbocycles. The van der Waals surface area contributed by atoms with Crippen LogP contribution in [-0.4, -0.2) is 37.2 Å². The third-order valence-electron chi connectivity index (χ3n) is 13.5. The van der Waals surface area contributed by atoms with Crippen molar-refractivity contribution in [1.29, 1.82) is 0 Å². The average Bonchev–Trinajstić information content (AvgIpc) is 3.46. The van der Waals surface area contributed by atoms with Gasteiger partial charge in [-0.15, -0.1) is 0 Å². The molecule has 0 spiro atoms. The molecule has 0 saturated carbocycles. The summed E-state index contributed by atoms with van der Waals surface area (Å²) in [5, 5.41) is 0. The van der Waals surface area contributed by atoms with Crippen LogP contribution in [0, 0.1) is 0 Å². The van der Waals surface area contributed by atoms with Gasteiger partial charge in [-0.1, -0.05) is 269 Å². The molecule has 0 radical (unpaired) electrons. The quantitative estimate of drug-likeness (QED) is 0.0261. The summed E-state index contributed by atoms with van der Waals surface area (Å²) in [6.45, 7) is 6.35. The molecule has 0 fully saturated rings. The standard InChI is InChI=1S/C75H120O6/c1-4-7-10-13-16-19-22-25-27-29-31-32-33-34-35-36-37-38-39-40-41-42-44-45-47-50-53-56-59-62-65-68-74(77)80-71-72(70-79-73(76)67-64-61-58-55-52-49-24-21-18-15-12-9-6-3)81-75(78)69-66-63-60-57-54-51-48-46-43-30-28-26-23-20-17-14-11-8-5-2/h7,9-10,12,16,18-19,21,25-28,31-32,34-35,37-38,40-41,44-45,49-50,52-53,72H,4-6,8,11,13-15,17,20,22-24,29-30,33,36,39,42-43,46-48,51,54-71H2,1-3H3/b10-7-,12-9-,19-16-,21-18-,27-25-,28-26-,32-31-,35-34-,38-37-,41-40-,45-44-,52-49-,53-50-. The maximum Gasteiger partial charge on any atom is 0.306 e. The second kappa shape index (κ2) is 67.5. The van der Waals surface area contributed by atoms with E-state index in [9.17, 15) is 14.4 Å². The molecular weight excluding hydrogens is 997 g/mol. The fourth-order valence-corrected chi connectivity index (χ4v) is 8.62. The Morgan fingerprint density at radius 1 is 0.259 bits per heavy atom. The number of rotatable bonds is 58. The first kappa shape index (κ1) is 76.0.